The molecule has 0 aliphatic carbocycles. The molecule has 33 heavy (non-hydrogen) atoms. The first-order chi connectivity index (χ1) is 15.9. The number of benzene rings is 3. The van der Waals surface area contributed by atoms with Gasteiger partial charge in [0.1, 0.15) is 36.6 Å². The topological polar surface area (TPSA) is 131 Å². The molecule has 174 valence electrons. The minimum absolute atomic E-state index is 0.00359. The Balaban J connectivity index is 1.57. The molecule has 3 rings (SSSR count). The first-order valence-corrected chi connectivity index (χ1v) is 10.6. The van der Waals surface area contributed by atoms with Crippen LogP contribution in [0.2, 0.25) is 0 Å². The van der Waals surface area contributed by atoms with Crippen molar-refractivity contribution in [1.29, 1.82) is 0 Å². The number of carbonyl (C=O) groups is 1. The number of aromatic hydroxyl groups is 1. The molecule has 3 aromatic carbocycles. The van der Waals surface area contributed by atoms with Crippen molar-refractivity contribution in [3.8, 4) is 17.2 Å². The number of hydrogen-bond donors (Lipinski definition) is 4. The molecule has 1 atom stereocenters. The molecular weight excluding hydrogens is 422 g/mol. The summed E-state index contributed by atoms with van der Waals surface area (Å²) in [4.78, 5) is 13.5. The van der Waals surface area contributed by atoms with Gasteiger partial charge in [-0.2, -0.15) is 0 Å². The second kappa shape index (κ2) is 11.8. The fourth-order valence-electron chi connectivity index (χ4n) is 3.28. The Kier molecular flexibility index (Phi) is 8.51. The summed E-state index contributed by atoms with van der Waals surface area (Å²) >= 11 is 0. The fourth-order valence-corrected chi connectivity index (χ4v) is 3.28. The molecule has 1 unspecified atom stereocenters. The van der Waals surface area contributed by atoms with Gasteiger partial charge < -0.3 is 31.2 Å². The Morgan fingerprint density at radius 3 is 2.36 bits per heavy atom. The Bertz CT molecular complexity index is 1030. The number of nitrogens with two attached hydrogens (primary N) is 2. The Hall–Kier alpha value is -3.75. The van der Waals surface area contributed by atoms with Gasteiger partial charge >= 0.3 is 0 Å². The van der Waals surface area contributed by atoms with E-state index in [2.05, 4.69) is 4.90 Å². The van der Waals surface area contributed by atoms with Gasteiger partial charge in [0.05, 0.1) is 5.56 Å². The van der Waals surface area contributed by atoms with E-state index in [1.165, 1.54) is 12.1 Å². The summed E-state index contributed by atoms with van der Waals surface area (Å²) in [7, 11) is 0. The van der Waals surface area contributed by atoms with Gasteiger partial charge in [-0.05, 0) is 48.0 Å². The highest BCUT2D eigenvalue weighted by molar-refractivity contribution is 5.95. The molecule has 0 aliphatic heterocycles. The second-order valence-corrected chi connectivity index (χ2v) is 7.65. The predicted octanol–water partition coefficient (Wildman–Crippen LogP) is 2.39. The number of nitrogen functional groups attached to an aromatic ring is 1. The summed E-state index contributed by atoms with van der Waals surface area (Å²) < 4.78 is 11.4. The number of phenols is 1. The fraction of sp³-hybridized carbons (Fsp3) is 0.240. The number of ether oxygens (including phenoxy) is 2. The van der Waals surface area contributed by atoms with Crippen molar-refractivity contribution >= 4 is 11.6 Å². The van der Waals surface area contributed by atoms with Gasteiger partial charge in [-0.15, -0.1) is 0 Å². The monoisotopic (exact) mass is 451 g/mol. The van der Waals surface area contributed by atoms with Crippen LogP contribution in [0.1, 0.15) is 15.9 Å². The highest BCUT2D eigenvalue weighted by Crippen LogP contribution is 2.22. The molecule has 1 amide bonds. The van der Waals surface area contributed by atoms with Crippen LogP contribution in [0.4, 0.5) is 5.69 Å². The first-order valence-electron chi connectivity index (χ1n) is 10.6. The molecule has 0 radical (unpaired) electrons. The van der Waals surface area contributed by atoms with Crippen LogP contribution in [0.3, 0.4) is 0 Å². The van der Waals surface area contributed by atoms with Crippen LogP contribution in [0, 0.1) is 0 Å². The zero-order valence-corrected chi connectivity index (χ0v) is 18.3. The molecule has 0 spiro atoms. The van der Waals surface area contributed by atoms with Gasteiger partial charge in [0, 0.05) is 25.3 Å². The zero-order chi connectivity index (χ0) is 23.6. The maximum atomic E-state index is 11.4. The Labute approximate surface area is 193 Å². The summed E-state index contributed by atoms with van der Waals surface area (Å²) in [5.41, 5.74) is 12.7. The molecule has 3 aromatic rings. The third kappa shape index (κ3) is 7.71. The summed E-state index contributed by atoms with van der Waals surface area (Å²) in [6, 6.07) is 21.3. The first kappa shape index (κ1) is 23.9. The van der Waals surface area contributed by atoms with E-state index in [0.29, 0.717) is 43.4 Å². The molecule has 0 heterocycles. The SMILES string of the molecule is NC(=O)c1cc(OCCN(Cc2ccccc2)CC(O)COc2ccc(N)cc2)ccc1O. The molecule has 0 aliphatic rings. The highest BCUT2D eigenvalue weighted by atomic mass is 16.5. The molecule has 6 N–H and O–H groups in total. The number of carbonyl (C=O) groups excluding carboxylic acids is 1. The van der Waals surface area contributed by atoms with Gasteiger partial charge in [0.25, 0.3) is 5.91 Å². The van der Waals surface area contributed by atoms with Gasteiger partial charge in [0.2, 0.25) is 0 Å². The Morgan fingerprint density at radius 1 is 0.970 bits per heavy atom. The van der Waals surface area contributed by atoms with Crippen molar-refractivity contribution in [2.45, 2.75) is 12.6 Å². The molecular formula is C25H29N3O5. The molecule has 8 heteroatoms. The van der Waals surface area contributed by atoms with E-state index in [1.54, 1.807) is 30.3 Å². The maximum absolute atomic E-state index is 11.4. The van der Waals surface area contributed by atoms with Crippen LogP contribution >= 0.6 is 0 Å². The van der Waals surface area contributed by atoms with Crippen molar-refractivity contribution in [2.24, 2.45) is 5.73 Å². The minimum Gasteiger partial charge on any atom is -0.507 e. The van der Waals surface area contributed by atoms with Crippen LogP contribution in [-0.2, 0) is 6.54 Å². The van der Waals surface area contributed by atoms with Crippen molar-refractivity contribution in [3.63, 3.8) is 0 Å². The zero-order valence-electron chi connectivity index (χ0n) is 18.3. The molecule has 8 nitrogen and oxygen atoms in total. The van der Waals surface area contributed by atoms with Crippen LogP contribution in [0.5, 0.6) is 17.2 Å². The number of anilines is 1. The van der Waals surface area contributed by atoms with Crippen molar-refractivity contribution in [3.05, 3.63) is 83.9 Å². The lowest BCUT2D eigenvalue weighted by Crippen LogP contribution is -2.37. The summed E-state index contributed by atoms with van der Waals surface area (Å²) in [5, 5.41) is 20.3. The second-order valence-electron chi connectivity index (χ2n) is 7.65. The standard InChI is InChI=1S/C25H29N3O5/c26-19-6-8-21(9-7-19)33-17-20(29)16-28(15-18-4-2-1-3-5-18)12-13-32-22-10-11-24(30)23(14-22)25(27)31/h1-11,14,20,29-30H,12-13,15-17,26H2,(H2,27,31). The third-order valence-electron chi connectivity index (χ3n) is 4.95. The lowest BCUT2D eigenvalue weighted by atomic mass is 10.2. The third-order valence-corrected chi connectivity index (χ3v) is 4.95. The maximum Gasteiger partial charge on any atom is 0.252 e. The highest BCUT2D eigenvalue weighted by Gasteiger charge is 2.14. The largest absolute Gasteiger partial charge is 0.507 e. The van der Waals surface area contributed by atoms with Crippen LogP contribution in [0.25, 0.3) is 0 Å². The molecule has 0 bridgehead atoms. The molecule has 0 saturated carbocycles. The number of aliphatic hydroxyl groups excluding tert-OH is 1. The van der Waals surface area contributed by atoms with Gasteiger partial charge in [-0.3, -0.25) is 9.69 Å². The van der Waals surface area contributed by atoms with Gasteiger partial charge in [0.15, 0.2) is 0 Å². The van der Waals surface area contributed by atoms with E-state index in [1.807, 2.05) is 30.3 Å². The average Bonchev–Trinajstić information content (AvgIpc) is 2.80. The van der Waals surface area contributed by atoms with Crippen LogP contribution in [-0.4, -0.2) is 53.4 Å². The van der Waals surface area contributed by atoms with Crippen molar-refractivity contribution in [1.82, 2.24) is 4.90 Å². The normalized spacial score (nSPS) is 11.8. The van der Waals surface area contributed by atoms with Crippen molar-refractivity contribution in [2.75, 3.05) is 32.0 Å². The van der Waals surface area contributed by atoms with Crippen molar-refractivity contribution < 1.29 is 24.5 Å². The van der Waals surface area contributed by atoms with E-state index in [-0.39, 0.29) is 17.9 Å². The molecule has 0 saturated heterocycles. The summed E-state index contributed by atoms with van der Waals surface area (Å²) in [5.74, 6) is 0.143. The van der Waals surface area contributed by atoms with E-state index >= 15 is 0 Å². The van der Waals surface area contributed by atoms with E-state index < -0.39 is 12.0 Å². The smallest absolute Gasteiger partial charge is 0.252 e. The lowest BCUT2D eigenvalue weighted by Gasteiger charge is -2.25. The Morgan fingerprint density at radius 2 is 1.67 bits per heavy atom. The van der Waals surface area contributed by atoms with E-state index in [4.69, 9.17) is 20.9 Å². The lowest BCUT2D eigenvalue weighted by molar-refractivity contribution is 0.0605. The molecule has 0 aromatic heterocycles. The van der Waals surface area contributed by atoms with Gasteiger partial charge in [-0.1, -0.05) is 30.3 Å². The quantitative estimate of drug-likeness (QED) is 0.311. The molecule has 0 fully saturated rings. The van der Waals surface area contributed by atoms with E-state index in [9.17, 15) is 15.0 Å². The number of amides is 1. The number of rotatable bonds is 12. The number of hydrogen-bond acceptors (Lipinski definition) is 7. The predicted molar refractivity (Wildman–Crippen MR) is 126 cm³/mol. The number of primary amides is 1. The minimum atomic E-state index is -0.729. The summed E-state index contributed by atoms with van der Waals surface area (Å²) in [6.45, 7) is 1.94. The summed E-state index contributed by atoms with van der Waals surface area (Å²) in [6.07, 6.45) is -0.721. The van der Waals surface area contributed by atoms with Crippen LogP contribution in [0.15, 0.2) is 72.8 Å². The van der Waals surface area contributed by atoms with E-state index in [0.717, 1.165) is 5.56 Å². The average molecular weight is 452 g/mol. The van der Waals surface area contributed by atoms with Gasteiger partial charge in [-0.25, -0.2) is 0 Å². The van der Waals surface area contributed by atoms with Crippen LogP contribution < -0.4 is 20.9 Å². The number of aliphatic hydroxyl groups is 1. The number of nitrogens with zero attached hydrogens (tertiary/aromatic N) is 1.